The van der Waals surface area contributed by atoms with Gasteiger partial charge in [-0.05, 0) is 29.4 Å². The summed E-state index contributed by atoms with van der Waals surface area (Å²) in [6.45, 7) is 6.52. The van der Waals surface area contributed by atoms with Crippen LogP contribution < -0.4 is 0 Å². The summed E-state index contributed by atoms with van der Waals surface area (Å²) in [6.07, 6.45) is 0. The van der Waals surface area contributed by atoms with Gasteiger partial charge < -0.3 is 4.90 Å². The van der Waals surface area contributed by atoms with E-state index in [1.165, 1.54) is 0 Å². The van der Waals surface area contributed by atoms with Crippen molar-refractivity contribution in [3.8, 4) is 0 Å². The van der Waals surface area contributed by atoms with Crippen LogP contribution in [0.5, 0.6) is 0 Å². The molecule has 0 N–H and O–H groups in total. The van der Waals surface area contributed by atoms with E-state index in [1.807, 2.05) is 35.2 Å². The third-order valence-corrected chi connectivity index (χ3v) is 4.43. The number of nitrogens with zero attached hydrogens (tertiary/aromatic N) is 1. The summed E-state index contributed by atoms with van der Waals surface area (Å²) in [5.41, 5.74) is 1.30. The summed E-state index contributed by atoms with van der Waals surface area (Å²) in [5, 5.41) is 0. The second kappa shape index (κ2) is 3.09. The molecule has 16 heavy (non-hydrogen) atoms. The maximum atomic E-state index is 12.2. The van der Waals surface area contributed by atoms with Crippen molar-refractivity contribution in [2.45, 2.75) is 13.8 Å². The average Bonchev–Trinajstić information content (AvgIpc) is 2.72. The Kier molecular flexibility index (Phi) is 1.91. The van der Waals surface area contributed by atoms with E-state index in [4.69, 9.17) is 0 Å². The van der Waals surface area contributed by atoms with E-state index in [2.05, 4.69) is 13.8 Å². The second-order valence-electron chi connectivity index (χ2n) is 5.61. The van der Waals surface area contributed by atoms with Gasteiger partial charge in [0.15, 0.2) is 0 Å². The molecule has 2 aliphatic rings. The highest BCUT2D eigenvalue weighted by atomic mass is 16.2. The average molecular weight is 215 g/mol. The maximum absolute atomic E-state index is 12.2. The molecule has 84 valence electrons. The molecule has 1 heterocycles. The van der Waals surface area contributed by atoms with E-state index < -0.39 is 0 Å². The number of likely N-dealkylation sites (tertiary alicyclic amines) is 1. The van der Waals surface area contributed by atoms with Crippen LogP contribution in [0, 0.1) is 17.3 Å². The zero-order valence-electron chi connectivity index (χ0n) is 9.81. The third kappa shape index (κ3) is 1.29. The minimum atomic E-state index is 0.198. The first-order chi connectivity index (χ1) is 7.60. The van der Waals surface area contributed by atoms with Crippen molar-refractivity contribution in [2.75, 3.05) is 13.1 Å². The Morgan fingerprint density at radius 3 is 2.31 bits per heavy atom. The van der Waals surface area contributed by atoms with Crippen molar-refractivity contribution in [3.63, 3.8) is 0 Å². The van der Waals surface area contributed by atoms with E-state index in [1.54, 1.807) is 0 Å². The van der Waals surface area contributed by atoms with Crippen molar-refractivity contribution >= 4 is 5.91 Å². The van der Waals surface area contributed by atoms with Gasteiger partial charge in [0.1, 0.15) is 0 Å². The largest absolute Gasteiger partial charge is 0.338 e. The fourth-order valence-electron chi connectivity index (χ4n) is 3.06. The molecule has 3 rings (SSSR count). The Hall–Kier alpha value is -1.31. The highest BCUT2D eigenvalue weighted by Gasteiger charge is 2.62. The SMILES string of the molecule is CC1(C)[C@@H]2CN(C(=O)c3ccccc3)C[C@@H]21. The monoisotopic (exact) mass is 215 g/mol. The van der Waals surface area contributed by atoms with E-state index in [0.29, 0.717) is 5.41 Å². The van der Waals surface area contributed by atoms with Gasteiger partial charge in [0.05, 0.1) is 0 Å². The third-order valence-electron chi connectivity index (χ3n) is 4.43. The molecule has 1 saturated heterocycles. The summed E-state index contributed by atoms with van der Waals surface area (Å²) >= 11 is 0. The standard InChI is InChI=1S/C14H17NO/c1-14(2)11-8-15(9-12(11)14)13(16)10-6-4-3-5-7-10/h3-7,11-12H,8-9H2,1-2H3/t11-,12+. The molecule has 0 spiro atoms. The molecule has 1 amide bonds. The first-order valence-corrected chi connectivity index (χ1v) is 5.95. The molecule has 0 bridgehead atoms. The zero-order valence-corrected chi connectivity index (χ0v) is 9.81. The van der Waals surface area contributed by atoms with Crippen LogP contribution in [0.25, 0.3) is 0 Å². The molecular weight excluding hydrogens is 198 g/mol. The van der Waals surface area contributed by atoms with Crippen LogP contribution in [0.4, 0.5) is 0 Å². The Morgan fingerprint density at radius 2 is 1.75 bits per heavy atom. The summed E-state index contributed by atoms with van der Waals surface area (Å²) < 4.78 is 0. The number of carbonyl (C=O) groups excluding carboxylic acids is 1. The fourth-order valence-corrected chi connectivity index (χ4v) is 3.06. The van der Waals surface area contributed by atoms with Crippen molar-refractivity contribution in [3.05, 3.63) is 35.9 Å². The lowest BCUT2D eigenvalue weighted by Crippen LogP contribution is -2.32. The highest BCUT2D eigenvalue weighted by molar-refractivity contribution is 5.94. The second-order valence-corrected chi connectivity index (χ2v) is 5.61. The Morgan fingerprint density at radius 1 is 1.19 bits per heavy atom. The van der Waals surface area contributed by atoms with Crippen LogP contribution in [-0.2, 0) is 0 Å². The lowest BCUT2D eigenvalue weighted by Gasteiger charge is -2.22. The predicted molar refractivity (Wildman–Crippen MR) is 63.1 cm³/mol. The van der Waals surface area contributed by atoms with Gasteiger partial charge in [0.25, 0.3) is 5.91 Å². The van der Waals surface area contributed by atoms with Crippen LogP contribution in [-0.4, -0.2) is 23.9 Å². The van der Waals surface area contributed by atoms with Crippen LogP contribution in [0.1, 0.15) is 24.2 Å². The van der Waals surface area contributed by atoms with Crippen molar-refractivity contribution in [1.82, 2.24) is 4.90 Å². The molecule has 1 saturated carbocycles. The first-order valence-electron chi connectivity index (χ1n) is 5.95. The van der Waals surface area contributed by atoms with Gasteiger partial charge in [-0.15, -0.1) is 0 Å². The van der Waals surface area contributed by atoms with Gasteiger partial charge in [-0.25, -0.2) is 0 Å². The van der Waals surface area contributed by atoms with Gasteiger partial charge in [0, 0.05) is 18.7 Å². The molecule has 0 aromatic heterocycles. The molecule has 2 heteroatoms. The first kappa shape index (κ1) is 9.88. The van der Waals surface area contributed by atoms with E-state index in [0.717, 1.165) is 30.5 Å². The molecule has 2 fully saturated rings. The number of rotatable bonds is 1. The van der Waals surface area contributed by atoms with Crippen LogP contribution >= 0.6 is 0 Å². The number of amides is 1. The molecule has 2 atom stereocenters. The van der Waals surface area contributed by atoms with Crippen LogP contribution in [0.15, 0.2) is 30.3 Å². The van der Waals surface area contributed by atoms with E-state index in [9.17, 15) is 4.79 Å². The number of hydrogen-bond acceptors (Lipinski definition) is 1. The molecule has 2 nitrogen and oxygen atoms in total. The normalized spacial score (nSPS) is 30.0. The van der Waals surface area contributed by atoms with E-state index in [-0.39, 0.29) is 5.91 Å². The zero-order chi connectivity index (χ0) is 11.3. The topological polar surface area (TPSA) is 20.3 Å². The summed E-state index contributed by atoms with van der Waals surface area (Å²) in [5.74, 6) is 1.67. The molecule has 0 unspecified atom stereocenters. The van der Waals surface area contributed by atoms with Gasteiger partial charge in [-0.3, -0.25) is 4.79 Å². The van der Waals surface area contributed by atoms with Gasteiger partial charge in [-0.2, -0.15) is 0 Å². The molecular formula is C14H17NO. The Labute approximate surface area is 96.3 Å². The fraction of sp³-hybridized carbons (Fsp3) is 0.500. The number of hydrogen-bond donors (Lipinski definition) is 0. The van der Waals surface area contributed by atoms with Crippen LogP contribution in [0.2, 0.25) is 0 Å². The molecule has 1 aromatic rings. The van der Waals surface area contributed by atoms with Crippen LogP contribution in [0.3, 0.4) is 0 Å². The number of carbonyl (C=O) groups is 1. The van der Waals surface area contributed by atoms with Gasteiger partial charge in [-0.1, -0.05) is 32.0 Å². The smallest absolute Gasteiger partial charge is 0.253 e. The minimum absolute atomic E-state index is 0.198. The lowest BCUT2D eigenvalue weighted by molar-refractivity contribution is 0.0758. The number of fused-ring (bicyclic) bond motifs is 1. The van der Waals surface area contributed by atoms with Crippen molar-refractivity contribution < 1.29 is 4.79 Å². The summed E-state index contributed by atoms with van der Waals surface area (Å²) in [6, 6.07) is 9.60. The Balaban J connectivity index is 1.72. The molecule has 1 aliphatic heterocycles. The molecule has 1 aliphatic carbocycles. The summed E-state index contributed by atoms with van der Waals surface area (Å²) in [7, 11) is 0. The Bertz CT molecular complexity index is 410. The maximum Gasteiger partial charge on any atom is 0.253 e. The lowest BCUT2D eigenvalue weighted by atomic mass is 10.1. The molecule has 0 radical (unpaired) electrons. The highest BCUT2D eigenvalue weighted by Crippen LogP contribution is 2.62. The predicted octanol–water partition coefficient (Wildman–Crippen LogP) is 2.41. The van der Waals surface area contributed by atoms with Gasteiger partial charge in [0.2, 0.25) is 0 Å². The quantitative estimate of drug-likeness (QED) is 0.704. The van der Waals surface area contributed by atoms with E-state index >= 15 is 0 Å². The number of piperidine rings is 1. The summed E-state index contributed by atoms with van der Waals surface area (Å²) in [4.78, 5) is 14.2. The van der Waals surface area contributed by atoms with Crippen molar-refractivity contribution in [1.29, 1.82) is 0 Å². The number of benzene rings is 1. The van der Waals surface area contributed by atoms with Gasteiger partial charge >= 0.3 is 0 Å². The van der Waals surface area contributed by atoms with Crippen molar-refractivity contribution in [2.24, 2.45) is 17.3 Å². The minimum Gasteiger partial charge on any atom is -0.338 e. The molecule has 1 aromatic carbocycles.